The zero-order valence-corrected chi connectivity index (χ0v) is 16.1. The zero-order valence-electron chi connectivity index (χ0n) is 12.9. The Hall–Kier alpha value is -0.410. The van der Waals surface area contributed by atoms with Crippen molar-refractivity contribution in [3.63, 3.8) is 0 Å². The van der Waals surface area contributed by atoms with Gasteiger partial charge in [-0.15, -0.1) is 35.3 Å². The van der Waals surface area contributed by atoms with Gasteiger partial charge in [-0.2, -0.15) is 0 Å². The lowest BCUT2D eigenvalue weighted by Crippen LogP contribution is -2.45. The Bertz CT molecular complexity index is 458. The molecule has 0 aliphatic carbocycles. The largest absolute Gasteiger partial charge is 0.373 e. The number of nitrogens with one attached hydrogen (secondary N) is 2. The van der Waals surface area contributed by atoms with Crippen molar-refractivity contribution in [1.82, 2.24) is 15.6 Å². The summed E-state index contributed by atoms with van der Waals surface area (Å²) < 4.78 is 5.76. The van der Waals surface area contributed by atoms with Crippen molar-refractivity contribution in [2.75, 3.05) is 26.7 Å². The highest BCUT2D eigenvalue weighted by atomic mass is 127. The van der Waals surface area contributed by atoms with E-state index in [1.54, 1.807) is 18.4 Å². The quantitative estimate of drug-likeness (QED) is 0.433. The first kappa shape index (κ1) is 18.6. The molecule has 1 aliphatic heterocycles. The van der Waals surface area contributed by atoms with E-state index in [0.29, 0.717) is 0 Å². The summed E-state index contributed by atoms with van der Waals surface area (Å²) in [7, 11) is 1.79. The number of aliphatic imine (C=N–C) groups is 1. The van der Waals surface area contributed by atoms with Crippen molar-refractivity contribution in [3.8, 4) is 0 Å². The molecule has 2 heterocycles. The molecule has 0 radical (unpaired) electrons. The van der Waals surface area contributed by atoms with Crippen LogP contribution in [0.4, 0.5) is 0 Å². The van der Waals surface area contributed by atoms with Crippen molar-refractivity contribution in [2.24, 2.45) is 4.99 Å². The van der Waals surface area contributed by atoms with E-state index in [1.807, 2.05) is 6.92 Å². The lowest BCUT2D eigenvalue weighted by molar-refractivity contribution is 0.0243. The summed E-state index contributed by atoms with van der Waals surface area (Å²) in [5.74, 6) is 0.827. The second-order valence-corrected chi connectivity index (χ2v) is 6.42. The molecule has 2 rings (SSSR count). The molecule has 7 heteroatoms. The fourth-order valence-electron chi connectivity index (χ4n) is 2.30. The lowest BCUT2D eigenvalue weighted by Gasteiger charge is -2.24. The third-order valence-corrected chi connectivity index (χ3v) is 4.32. The molecule has 1 fully saturated rings. The van der Waals surface area contributed by atoms with Crippen LogP contribution in [0.5, 0.6) is 0 Å². The molecule has 21 heavy (non-hydrogen) atoms. The summed E-state index contributed by atoms with van der Waals surface area (Å²) >= 11 is 1.69. The Kier molecular flexibility index (Phi) is 7.89. The molecular weight excluding hydrogens is 399 g/mol. The van der Waals surface area contributed by atoms with Crippen LogP contribution in [-0.2, 0) is 11.2 Å². The summed E-state index contributed by atoms with van der Waals surface area (Å²) in [5, 5.41) is 9.89. The van der Waals surface area contributed by atoms with Gasteiger partial charge in [0.05, 0.1) is 16.3 Å². The van der Waals surface area contributed by atoms with Crippen molar-refractivity contribution in [1.29, 1.82) is 0 Å². The third kappa shape index (κ3) is 6.07. The van der Waals surface area contributed by atoms with Crippen LogP contribution in [0, 0.1) is 6.92 Å². The van der Waals surface area contributed by atoms with Crippen molar-refractivity contribution < 1.29 is 4.74 Å². The van der Waals surface area contributed by atoms with E-state index in [0.717, 1.165) is 55.6 Å². The molecule has 0 amide bonds. The van der Waals surface area contributed by atoms with Crippen LogP contribution < -0.4 is 10.6 Å². The summed E-state index contributed by atoms with van der Waals surface area (Å²) in [6.07, 6.45) is 3.17. The average Bonchev–Trinajstić information content (AvgIpc) is 3.03. The number of thiazole rings is 1. The van der Waals surface area contributed by atoms with Crippen molar-refractivity contribution >= 4 is 41.3 Å². The van der Waals surface area contributed by atoms with E-state index in [4.69, 9.17) is 4.74 Å². The first-order chi connectivity index (χ1) is 9.61. The molecule has 0 aromatic carbocycles. The van der Waals surface area contributed by atoms with Gasteiger partial charge >= 0.3 is 0 Å². The Morgan fingerprint density at radius 1 is 1.52 bits per heavy atom. The third-order valence-electron chi connectivity index (χ3n) is 3.49. The first-order valence-corrected chi connectivity index (χ1v) is 7.99. The summed E-state index contributed by atoms with van der Waals surface area (Å²) in [6, 6.07) is 0. The highest BCUT2D eigenvalue weighted by Crippen LogP contribution is 2.23. The number of hydrogen-bond acceptors (Lipinski definition) is 4. The molecule has 0 spiro atoms. The smallest absolute Gasteiger partial charge is 0.191 e. The number of ether oxygens (including phenoxy) is 1. The normalized spacial score (nSPS) is 22.0. The van der Waals surface area contributed by atoms with Gasteiger partial charge in [0.25, 0.3) is 0 Å². The van der Waals surface area contributed by atoms with Crippen molar-refractivity contribution in [3.05, 3.63) is 16.1 Å². The molecule has 5 nitrogen and oxygen atoms in total. The van der Waals surface area contributed by atoms with E-state index >= 15 is 0 Å². The minimum absolute atomic E-state index is 0. The van der Waals surface area contributed by atoms with Crippen LogP contribution >= 0.6 is 35.3 Å². The van der Waals surface area contributed by atoms with Crippen LogP contribution in [0.25, 0.3) is 0 Å². The van der Waals surface area contributed by atoms with Gasteiger partial charge in [0.1, 0.15) is 0 Å². The molecule has 120 valence electrons. The van der Waals surface area contributed by atoms with Gasteiger partial charge in [0, 0.05) is 38.5 Å². The van der Waals surface area contributed by atoms with Gasteiger partial charge in [0.15, 0.2) is 5.96 Å². The van der Waals surface area contributed by atoms with Gasteiger partial charge in [-0.1, -0.05) is 0 Å². The van der Waals surface area contributed by atoms with Crippen LogP contribution in [-0.4, -0.2) is 43.3 Å². The summed E-state index contributed by atoms with van der Waals surface area (Å²) in [5.41, 5.74) is 1.09. The van der Waals surface area contributed by atoms with E-state index < -0.39 is 0 Å². The average molecular weight is 424 g/mol. The van der Waals surface area contributed by atoms with E-state index in [2.05, 4.69) is 32.9 Å². The maximum Gasteiger partial charge on any atom is 0.191 e. The second kappa shape index (κ2) is 8.89. The number of hydrogen-bond donors (Lipinski definition) is 2. The standard InChI is InChI=1S/C14H24N4OS.HI/c1-11-18-12(9-20-11)5-7-16-13(15-3)17-10-14(2)6-4-8-19-14;/h9H,4-8,10H2,1-3H3,(H2,15,16,17);1H. The Labute approximate surface area is 148 Å². The van der Waals surface area contributed by atoms with Crippen LogP contribution in [0.3, 0.4) is 0 Å². The molecule has 0 saturated carbocycles. The Morgan fingerprint density at radius 2 is 2.33 bits per heavy atom. The first-order valence-electron chi connectivity index (χ1n) is 7.11. The number of guanidine groups is 1. The Balaban J connectivity index is 0.00000220. The number of aryl methyl sites for hydroxylation is 1. The maximum absolute atomic E-state index is 5.76. The number of halogens is 1. The van der Waals surface area contributed by atoms with Gasteiger partial charge in [-0.05, 0) is 26.7 Å². The molecule has 1 aromatic heterocycles. The monoisotopic (exact) mass is 424 g/mol. The molecule has 0 bridgehead atoms. The molecule has 1 unspecified atom stereocenters. The summed E-state index contributed by atoms with van der Waals surface area (Å²) in [6.45, 7) is 6.68. The van der Waals surface area contributed by atoms with Gasteiger partial charge in [-0.3, -0.25) is 4.99 Å². The van der Waals surface area contributed by atoms with Crippen LogP contribution in [0.2, 0.25) is 0 Å². The highest BCUT2D eigenvalue weighted by molar-refractivity contribution is 14.0. The van der Waals surface area contributed by atoms with E-state index in [1.165, 1.54) is 0 Å². The molecular formula is C14H25IN4OS. The van der Waals surface area contributed by atoms with E-state index in [-0.39, 0.29) is 29.6 Å². The number of aromatic nitrogens is 1. The minimum atomic E-state index is -0.0519. The van der Waals surface area contributed by atoms with Gasteiger partial charge < -0.3 is 15.4 Å². The minimum Gasteiger partial charge on any atom is -0.373 e. The Morgan fingerprint density at radius 3 is 2.90 bits per heavy atom. The molecule has 1 aliphatic rings. The second-order valence-electron chi connectivity index (χ2n) is 5.36. The SMILES string of the molecule is CN=C(NCCc1csc(C)n1)NCC1(C)CCCO1.I. The molecule has 1 saturated heterocycles. The predicted octanol–water partition coefficient (Wildman–Crippen LogP) is 2.35. The fourth-order valence-corrected chi connectivity index (χ4v) is 2.95. The zero-order chi connectivity index (χ0) is 14.4. The molecule has 1 aromatic rings. The van der Waals surface area contributed by atoms with Crippen molar-refractivity contribution in [2.45, 2.75) is 38.7 Å². The van der Waals surface area contributed by atoms with Crippen LogP contribution in [0.1, 0.15) is 30.5 Å². The lowest BCUT2D eigenvalue weighted by atomic mass is 10.0. The predicted molar refractivity (Wildman–Crippen MR) is 98.9 cm³/mol. The van der Waals surface area contributed by atoms with Gasteiger partial charge in [0.2, 0.25) is 0 Å². The van der Waals surface area contributed by atoms with E-state index in [9.17, 15) is 0 Å². The number of rotatable bonds is 5. The molecule has 1 atom stereocenters. The number of nitrogens with zero attached hydrogens (tertiary/aromatic N) is 2. The maximum atomic E-state index is 5.76. The summed E-state index contributed by atoms with van der Waals surface area (Å²) in [4.78, 5) is 8.69. The molecule has 2 N–H and O–H groups in total. The fraction of sp³-hybridized carbons (Fsp3) is 0.714. The topological polar surface area (TPSA) is 58.5 Å². The van der Waals surface area contributed by atoms with Gasteiger partial charge in [-0.25, -0.2) is 4.98 Å². The van der Waals surface area contributed by atoms with Crippen LogP contribution in [0.15, 0.2) is 10.4 Å². The highest BCUT2D eigenvalue weighted by Gasteiger charge is 2.29.